The minimum absolute atomic E-state index is 0.468. The molecule has 0 saturated carbocycles. The highest BCUT2D eigenvalue weighted by Crippen LogP contribution is 2.15. The number of hydrogen-bond acceptors (Lipinski definition) is 3. The summed E-state index contributed by atoms with van der Waals surface area (Å²) in [6, 6.07) is 7.46. The second-order valence-electron chi connectivity index (χ2n) is 5.33. The largest absolute Gasteiger partial charge is 0.444 e. The molecule has 0 radical (unpaired) electrons. The third-order valence-electron chi connectivity index (χ3n) is 2.29. The molecule has 1 amide bonds. The standard InChI is InChI=1S/C16H22N2O2/c1-5-6-11-17-12-13-9-7-8-10-14(13)18-15(19)20-16(2,3)4/h5,7-10,12H,1,6,11H2,2-4H3,(H,18,19). The molecular formula is C16H22N2O2. The first-order chi connectivity index (χ1) is 9.42. The quantitative estimate of drug-likeness (QED) is 0.500. The van der Waals surface area contributed by atoms with Crippen molar-refractivity contribution in [3.63, 3.8) is 0 Å². The fraction of sp³-hybridized carbons (Fsp3) is 0.375. The van der Waals surface area contributed by atoms with Gasteiger partial charge in [0, 0.05) is 18.3 Å². The van der Waals surface area contributed by atoms with E-state index in [0.29, 0.717) is 12.2 Å². The Hall–Kier alpha value is -2.10. The van der Waals surface area contributed by atoms with Crippen LogP contribution in [0.2, 0.25) is 0 Å². The number of benzene rings is 1. The summed E-state index contributed by atoms with van der Waals surface area (Å²) in [4.78, 5) is 16.1. The van der Waals surface area contributed by atoms with Gasteiger partial charge in [0.1, 0.15) is 5.60 Å². The van der Waals surface area contributed by atoms with Crippen LogP contribution in [0.15, 0.2) is 41.9 Å². The molecule has 108 valence electrons. The van der Waals surface area contributed by atoms with Crippen LogP contribution in [0, 0.1) is 0 Å². The van der Waals surface area contributed by atoms with Crippen molar-refractivity contribution < 1.29 is 9.53 Å². The molecule has 0 bridgehead atoms. The molecule has 0 aliphatic heterocycles. The van der Waals surface area contributed by atoms with Crippen LogP contribution >= 0.6 is 0 Å². The molecule has 1 rings (SSSR count). The van der Waals surface area contributed by atoms with Gasteiger partial charge in [-0.3, -0.25) is 10.3 Å². The lowest BCUT2D eigenvalue weighted by molar-refractivity contribution is 0.0636. The number of amides is 1. The highest BCUT2D eigenvalue weighted by molar-refractivity contribution is 5.94. The van der Waals surface area contributed by atoms with E-state index in [9.17, 15) is 4.79 Å². The Morgan fingerprint density at radius 2 is 2.10 bits per heavy atom. The van der Waals surface area contributed by atoms with E-state index in [2.05, 4.69) is 16.9 Å². The Bertz CT molecular complexity index is 487. The second kappa shape index (κ2) is 7.48. The van der Waals surface area contributed by atoms with E-state index in [1.165, 1.54) is 0 Å². The summed E-state index contributed by atoms with van der Waals surface area (Å²) in [6.45, 7) is 9.82. The van der Waals surface area contributed by atoms with E-state index in [0.717, 1.165) is 12.0 Å². The van der Waals surface area contributed by atoms with Crippen molar-refractivity contribution in [2.75, 3.05) is 11.9 Å². The van der Waals surface area contributed by atoms with Gasteiger partial charge in [-0.15, -0.1) is 6.58 Å². The van der Waals surface area contributed by atoms with Gasteiger partial charge in [0.25, 0.3) is 0 Å². The first kappa shape index (κ1) is 16.0. The number of hydrogen-bond donors (Lipinski definition) is 1. The van der Waals surface area contributed by atoms with Crippen LogP contribution < -0.4 is 5.32 Å². The Kier molecular flexibility index (Phi) is 5.97. The van der Waals surface area contributed by atoms with Crippen LogP contribution in [-0.4, -0.2) is 24.5 Å². The molecule has 1 aromatic rings. The molecule has 0 aliphatic rings. The Balaban J connectivity index is 2.72. The maximum Gasteiger partial charge on any atom is 0.412 e. The lowest BCUT2D eigenvalue weighted by Crippen LogP contribution is -2.27. The van der Waals surface area contributed by atoms with Crippen molar-refractivity contribution >= 4 is 18.0 Å². The molecule has 0 atom stereocenters. The number of ether oxygens (including phenoxy) is 1. The molecule has 4 nitrogen and oxygen atoms in total. The van der Waals surface area contributed by atoms with E-state index < -0.39 is 11.7 Å². The number of aliphatic imine (C=N–C) groups is 1. The average Bonchev–Trinajstić information content (AvgIpc) is 2.34. The number of para-hydroxylation sites is 1. The third-order valence-corrected chi connectivity index (χ3v) is 2.29. The molecule has 4 heteroatoms. The minimum atomic E-state index is -0.517. The maximum atomic E-state index is 11.8. The van der Waals surface area contributed by atoms with Gasteiger partial charge in [0.05, 0.1) is 5.69 Å². The zero-order valence-corrected chi connectivity index (χ0v) is 12.3. The van der Waals surface area contributed by atoms with Gasteiger partial charge in [-0.25, -0.2) is 4.79 Å². The summed E-state index contributed by atoms with van der Waals surface area (Å²) in [5.41, 5.74) is 1.02. The molecule has 0 fully saturated rings. The molecular weight excluding hydrogens is 252 g/mol. The molecule has 1 N–H and O–H groups in total. The Morgan fingerprint density at radius 1 is 1.40 bits per heavy atom. The summed E-state index contributed by atoms with van der Waals surface area (Å²) < 4.78 is 5.23. The summed E-state index contributed by atoms with van der Waals surface area (Å²) in [5, 5.41) is 2.74. The summed E-state index contributed by atoms with van der Waals surface area (Å²) >= 11 is 0. The first-order valence-electron chi connectivity index (χ1n) is 6.62. The number of nitrogens with zero attached hydrogens (tertiary/aromatic N) is 1. The highest BCUT2D eigenvalue weighted by Gasteiger charge is 2.16. The zero-order valence-electron chi connectivity index (χ0n) is 12.3. The van der Waals surface area contributed by atoms with Gasteiger partial charge in [-0.1, -0.05) is 24.3 Å². The van der Waals surface area contributed by atoms with Crippen molar-refractivity contribution in [2.45, 2.75) is 32.8 Å². The summed E-state index contributed by atoms with van der Waals surface area (Å²) in [7, 11) is 0. The number of carbonyl (C=O) groups is 1. The lowest BCUT2D eigenvalue weighted by Gasteiger charge is -2.20. The fourth-order valence-electron chi connectivity index (χ4n) is 1.47. The van der Waals surface area contributed by atoms with E-state index in [1.807, 2.05) is 51.1 Å². The van der Waals surface area contributed by atoms with E-state index in [-0.39, 0.29) is 0 Å². The van der Waals surface area contributed by atoms with Crippen molar-refractivity contribution in [2.24, 2.45) is 4.99 Å². The monoisotopic (exact) mass is 274 g/mol. The van der Waals surface area contributed by atoms with E-state index in [1.54, 1.807) is 6.21 Å². The molecule has 0 aliphatic carbocycles. The van der Waals surface area contributed by atoms with Crippen molar-refractivity contribution in [3.05, 3.63) is 42.5 Å². The van der Waals surface area contributed by atoms with Crippen LogP contribution in [0.3, 0.4) is 0 Å². The van der Waals surface area contributed by atoms with E-state index in [4.69, 9.17) is 4.74 Å². The zero-order chi connectivity index (χ0) is 15.0. The van der Waals surface area contributed by atoms with Crippen LogP contribution in [0.25, 0.3) is 0 Å². The van der Waals surface area contributed by atoms with E-state index >= 15 is 0 Å². The van der Waals surface area contributed by atoms with Crippen LogP contribution in [0.5, 0.6) is 0 Å². The third kappa shape index (κ3) is 6.18. The topological polar surface area (TPSA) is 50.7 Å². The number of rotatable bonds is 5. The van der Waals surface area contributed by atoms with Crippen LogP contribution in [-0.2, 0) is 4.74 Å². The SMILES string of the molecule is C=CCCN=Cc1ccccc1NC(=O)OC(C)(C)C. The van der Waals surface area contributed by atoms with Gasteiger partial charge in [0.2, 0.25) is 0 Å². The fourth-order valence-corrected chi connectivity index (χ4v) is 1.47. The number of nitrogens with one attached hydrogen (secondary N) is 1. The summed E-state index contributed by atoms with van der Waals surface area (Å²) in [6.07, 6.45) is 3.93. The lowest BCUT2D eigenvalue weighted by atomic mass is 10.2. The number of carbonyl (C=O) groups excluding carboxylic acids is 1. The van der Waals surface area contributed by atoms with Gasteiger partial charge in [-0.05, 0) is 33.3 Å². The van der Waals surface area contributed by atoms with Crippen molar-refractivity contribution in [1.29, 1.82) is 0 Å². The number of anilines is 1. The molecule has 0 aromatic heterocycles. The second-order valence-corrected chi connectivity index (χ2v) is 5.33. The minimum Gasteiger partial charge on any atom is -0.444 e. The predicted octanol–water partition coefficient (Wildman–Crippen LogP) is 4.03. The average molecular weight is 274 g/mol. The molecule has 0 heterocycles. The summed E-state index contributed by atoms with van der Waals surface area (Å²) in [5.74, 6) is 0. The highest BCUT2D eigenvalue weighted by atomic mass is 16.6. The van der Waals surface area contributed by atoms with Gasteiger partial charge in [-0.2, -0.15) is 0 Å². The molecule has 1 aromatic carbocycles. The van der Waals surface area contributed by atoms with Gasteiger partial charge < -0.3 is 4.74 Å². The normalized spacial score (nSPS) is 11.3. The van der Waals surface area contributed by atoms with Crippen molar-refractivity contribution in [3.8, 4) is 0 Å². The van der Waals surface area contributed by atoms with Crippen LogP contribution in [0.4, 0.5) is 10.5 Å². The molecule has 0 spiro atoms. The first-order valence-corrected chi connectivity index (χ1v) is 6.62. The Labute approximate surface area is 120 Å². The predicted molar refractivity (Wildman–Crippen MR) is 83.6 cm³/mol. The van der Waals surface area contributed by atoms with Gasteiger partial charge in [0.15, 0.2) is 0 Å². The molecule has 20 heavy (non-hydrogen) atoms. The van der Waals surface area contributed by atoms with Crippen LogP contribution in [0.1, 0.15) is 32.8 Å². The maximum absolute atomic E-state index is 11.8. The molecule has 0 unspecified atom stereocenters. The van der Waals surface area contributed by atoms with Crippen molar-refractivity contribution in [1.82, 2.24) is 0 Å². The van der Waals surface area contributed by atoms with Gasteiger partial charge >= 0.3 is 6.09 Å². The molecule has 0 saturated heterocycles. The Morgan fingerprint density at radius 3 is 2.75 bits per heavy atom. The smallest absolute Gasteiger partial charge is 0.412 e.